The van der Waals surface area contributed by atoms with Gasteiger partial charge in [0.1, 0.15) is 17.8 Å². The third kappa shape index (κ3) is 8.56. The van der Waals surface area contributed by atoms with E-state index in [0.29, 0.717) is 0 Å². The minimum atomic E-state index is -1.01. The predicted molar refractivity (Wildman–Crippen MR) is 141 cm³/mol. The largest absolute Gasteiger partial charge is 0.497 e. The zero-order valence-corrected chi connectivity index (χ0v) is 22.4. The first-order valence-electron chi connectivity index (χ1n) is 11.1. The number of nitrogens with one attached hydrogen (secondary N) is 2. The highest BCUT2D eigenvalue weighted by molar-refractivity contribution is 8.15. The van der Waals surface area contributed by atoms with Crippen LogP contribution in [0.2, 0.25) is 0 Å². The highest BCUT2D eigenvalue weighted by Crippen LogP contribution is 2.28. The molecule has 0 aliphatic heterocycles. The maximum atomic E-state index is 12.9. The van der Waals surface area contributed by atoms with E-state index in [1.807, 2.05) is 36.4 Å². The van der Waals surface area contributed by atoms with E-state index in [-0.39, 0.29) is 16.6 Å². The van der Waals surface area contributed by atoms with Gasteiger partial charge in [0.25, 0.3) is 0 Å². The third-order valence-corrected chi connectivity index (χ3v) is 7.44. The molecular weight excluding hydrogens is 504 g/mol. The molecule has 9 nitrogen and oxygen atoms in total. The number of carbonyl (C=O) groups excluding carboxylic acids is 5. The minimum absolute atomic E-state index is 0.0302. The zero-order valence-electron chi connectivity index (χ0n) is 20.8. The molecule has 2 aromatic rings. The van der Waals surface area contributed by atoms with Gasteiger partial charge < -0.3 is 20.1 Å². The van der Waals surface area contributed by atoms with E-state index in [9.17, 15) is 24.0 Å². The van der Waals surface area contributed by atoms with Gasteiger partial charge in [-0.1, -0.05) is 54.7 Å². The standard InChI is InChI=1S/C25H30N2O7S2/c1-14(17-6-7-19-11-20(33-4)9-8-18(19)10-17)24(31)35-13-22(27-16(3)29)25(32)36-12-21(23(30)34-5)26-15(2)28/h6-11,14,21-22H,12-13H2,1-5H3,(H,26,28)(H,27,29)/t14-,21?,22?/m0/s1. The van der Waals surface area contributed by atoms with Crippen molar-refractivity contribution in [2.24, 2.45) is 0 Å². The van der Waals surface area contributed by atoms with Gasteiger partial charge >= 0.3 is 5.97 Å². The Balaban J connectivity index is 2.04. The minimum Gasteiger partial charge on any atom is -0.497 e. The Morgan fingerprint density at radius 1 is 0.806 bits per heavy atom. The van der Waals surface area contributed by atoms with Gasteiger partial charge in [-0.25, -0.2) is 4.79 Å². The molecule has 2 amide bonds. The van der Waals surface area contributed by atoms with Gasteiger partial charge in [-0.05, 0) is 28.5 Å². The number of hydrogen-bond donors (Lipinski definition) is 2. The lowest BCUT2D eigenvalue weighted by Gasteiger charge is -2.19. The number of benzene rings is 2. The molecule has 0 aromatic heterocycles. The molecule has 36 heavy (non-hydrogen) atoms. The van der Waals surface area contributed by atoms with Crippen molar-refractivity contribution in [2.75, 3.05) is 25.7 Å². The van der Waals surface area contributed by atoms with Crippen molar-refractivity contribution in [3.8, 4) is 5.75 Å². The fourth-order valence-corrected chi connectivity index (χ4v) is 5.25. The summed E-state index contributed by atoms with van der Waals surface area (Å²) in [5.41, 5.74) is 0.832. The van der Waals surface area contributed by atoms with Crippen LogP contribution in [-0.4, -0.2) is 65.8 Å². The fourth-order valence-electron chi connectivity index (χ4n) is 3.30. The van der Waals surface area contributed by atoms with E-state index < -0.39 is 40.9 Å². The molecule has 0 aliphatic carbocycles. The Hall–Kier alpha value is -3.05. The average molecular weight is 535 g/mol. The molecule has 0 radical (unpaired) electrons. The third-order valence-electron chi connectivity index (χ3n) is 5.23. The molecule has 194 valence electrons. The van der Waals surface area contributed by atoms with Gasteiger partial charge in [0.05, 0.1) is 20.1 Å². The molecule has 0 spiro atoms. The van der Waals surface area contributed by atoms with Crippen molar-refractivity contribution < 1.29 is 33.4 Å². The summed E-state index contributed by atoms with van der Waals surface area (Å²) in [6.07, 6.45) is 0. The van der Waals surface area contributed by atoms with Crippen LogP contribution in [0.25, 0.3) is 10.8 Å². The van der Waals surface area contributed by atoms with Crippen LogP contribution in [0.4, 0.5) is 0 Å². The van der Waals surface area contributed by atoms with Crippen molar-refractivity contribution >= 4 is 62.3 Å². The molecule has 2 N–H and O–H groups in total. The van der Waals surface area contributed by atoms with E-state index in [1.165, 1.54) is 21.0 Å². The van der Waals surface area contributed by atoms with Crippen LogP contribution in [0.5, 0.6) is 5.75 Å². The molecule has 2 aromatic carbocycles. The molecule has 0 aliphatic rings. The number of fused-ring (bicyclic) bond motifs is 1. The monoisotopic (exact) mass is 534 g/mol. The Morgan fingerprint density at radius 3 is 1.97 bits per heavy atom. The summed E-state index contributed by atoms with van der Waals surface area (Å²) in [6.45, 7) is 4.31. The van der Waals surface area contributed by atoms with Gasteiger partial charge in [0, 0.05) is 25.4 Å². The van der Waals surface area contributed by atoms with Crippen molar-refractivity contribution in [1.29, 1.82) is 0 Å². The van der Waals surface area contributed by atoms with Gasteiger partial charge in [0.15, 0.2) is 5.12 Å². The van der Waals surface area contributed by atoms with E-state index >= 15 is 0 Å². The number of carbonyl (C=O) groups is 5. The Kier molecular flexibility index (Phi) is 11.3. The first-order valence-corrected chi connectivity index (χ1v) is 13.1. The summed E-state index contributed by atoms with van der Waals surface area (Å²) >= 11 is 1.73. The second-order valence-corrected chi connectivity index (χ2v) is 10.0. The van der Waals surface area contributed by atoms with Crippen LogP contribution in [0.1, 0.15) is 32.3 Å². The number of rotatable bonds is 11. The molecule has 0 fully saturated rings. The normalized spacial score (nSPS) is 13.2. The topological polar surface area (TPSA) is 128 Å². The quantitative estimate of drug-likeness (QED) is 0.418. The van der Waals surface area contributed by atoms with E-state index in [2.05, 4.69) is 15.4 Å². The average Bonchev–Trinajstić information content (AvgIpc) is 2.86. The molecule has 0 saturated carbocycles. The summed E-state index contributed by atoms with van der Waals surface area (Å²) in [6, 6.07) is 9.48. The van der Waals surface area contributed by atoms with Crippen molar-refractivity contribution in [3.05, 3.63) is 42.0 Å². The maximum absolute atomic E-state index is 12.9. The number of ether oxygens (including phenoxy) is 2. The van der Waals surface area contributed by atoms with Gasteiger partial charge in [-0.3, -0.25) is 19.2 Å². The van der Waals surface area contributed by atoms with E-state index in [0.717, 1.165) is 45.6 Å². The SMILES string of the molecule is COC(=O)C(CSC(=O)C(CSC(=O)[C@@H](C)c1ccc2cc(OC)ccc2c1)NC(C)=O)NC(C)=O. The summed E-state index contributed by atoms with van der Waals surface area (Å²) in [5.74, 6) is -1.29. The smallest absolute Gasteiger partial charge is 0.329 e. The number of thioether (sulfide) groups is 2. The van der Waals surface area contributed by atoms with Crippen molar-refractivity contribution in [2.45, 2.75) is 38.8 Å². The first kappa shape index (κ1) is 29.2. The molecule has 2 rings (SSSR count). The van der Waals surface area contributed by atoms with E-state index in [1.54, 1.807) is 14.0 Å². The van der Waals surface area contributed by atoms with Gasteiger partial charge in [-0.15, -0.1) is 0 Å². The van der Waals surface area contributed by atoms with Crippen molar-refractivity contribution in [1.82, 2.24) is 10.6 Å². The Labute approximate surface area is 218 Å². The van der Waals surface area contributed by atoms with Crippen LogP contribution < -0.4 is 15.4 Å². The number of esters is 1. The lowest BCUT2D eigenvalue weighted by Crippen LogP contribution is -2.44. The number of hydrogen-bond acceptors (Lipinski definition) is 9. The summed E-state index contributed by atoms with van der Waals surface area (Å²) in [5, 5.41) is 6.36. The summed E-state index contributed by atoms with van der Waals surface area (Å²) in [4.78, 5) is 60.6. The van der Waals surface area contributed by atoms with Gasteiger partial charge in [0.2, 0.25) is 16.9 Å². The second-order valence-electron chi connectivity index (χ2n) is 7.98. The summed E-state index contributed by atoms with van der Waals surface area (Å²) < 4.78 is 9.90. The van der Waals surface area contributed by atoms with Gasteiger partial charge in [-0.2, -0.15) is 0 Å². The molecule has 3 atom stereocenters. The maximum Gasteiger partial charge on any atom is 0.329 e. The van der Waals surface area contributed by atoms with Crippen LogP contribution in [0, 0.1) is 0 Å². The predicted octanol–water partition coefficient (Wildman–Crippen LogP) is 2.65. The molecule has 11 heteroatoms. The lowest BCUT2D eigenvalue weighted by molar-refractivity contribution is -0.144. The Morgan fingerprint density at radius 2 is 1.36 bits per heavy atom. The zero-order chi connectivity index (χ0) is 26.8. The first-order chi connectivity index (χ1) is 17.0. The van der Waals surface area contributed by atoms with Crippen LogP contribution >= 0.6 is 23.5 Å². The Bertz CT molecular complexity index is 1140. The van der Waals surface area contributed by atoms with Crippen LogP contribution in [0.15, 0.2) is 36.4 Å². The lowest BCUT2D eigenvalue weighted by atomic mass is 9.99. The van der Waals surface area contributed by atoms with Crippen molar-refractivity contribution in [3.63, 3.8) is 0 Å². The number of methoxy groups -OCH3 is 2. The molecule has 0 saturated heterocycles. The fraction of sp³-hybridized carbons (Fsp3) is 0.400. The molecule has 0 heterocycles. The van der Waals surface area contributed by atoms with Crippen LogP contribution in [0.3, 0.4) is 0 Å². The highest BCUT2D eigenvalue weighted by atomic mass is 32.2. The molecule has 0 bridgehead atoms. The highest BCUT2D eigenvalue weighted by Gasteiger charge is 2.27. The second kappa shape index (κ2) is 13.9. The van der Waals surface area contributed by atoms with Crippen LogP contribution in [-0.2, 0) is 28.7 Å². The number of amides is 2. The molecular formula is C25H30N2O7S2. The van der Waals surface area contributed by atoms with E-state index in [4.69, 9.17) is 4.74 Å². The summed E-state index contributed by atoms with van der Waals surface area (Å²) in [7, 11) is 2.78. The molecule has 2 unspecified atom stereocenters.